The molecule has 2 aromatic carbocycles. The van der Waals surface area contributed by atoms with Crippen molar-refractivity contribution in [2.24, 2.45) is 5.92 Å². The van der Waals surface area contributed by atoms with E-state index < -0.39 is 0 Å². The number of anilines is 2. The summed E-state index contributed by atoms with van der Waals surface area (Å²) in [6.07, 6.45) is 2.86. The number of hydrogen-bond acceptors (Lipinski definition) is 4. The Hall–Kier alpha value is -3.02. The van der Waals surface area contributed by atoms with Crippen molar-refractivity contribution in [3.05, 3.63) is 54.1 Å². The van der Waals surface area contributed by atoms with Gasteiger partial charge in [0.1, 0.15) is 5.75 Å². The number of ether oxygens (including phenoxy) is 1. The minimum absolute atomic E-state index is 0.0312. The lowest BCUT2D eigenvalue weighted by Gasteiger charge is -2.21. The Morgan fingerprint density at radius 1 is 0.969 bits per heavy atom. The Balaban J connectivity index is 1.85. The molecule has 2 N–H and O–H groups in total. The van der Waals surface area contributed by atoms with E-state index in [1.165, 1.54) is 0 Å². The molecule has 0 aliphatic heterocycles. The maximum Gasteiger partial charge on any atom is 0.253 e. The average molecular weight is 440 g/mol. The molecule has 0 saturated carbocycles. The highest BCUT2D eigenvalue weighted by Crippen LogP contribution is 2.18. The number of hydrogen-bond donors (Lipinski definition) is 2. The summed E-state index contributed by atoms with van der Waals surface area (Å²) in [6.45, 7) is 10.8. The molecule has 6 heteroatoms. The maximum atomic E-state index is 12.7. The second-order valence-corrected chi connectivity index (χ2v) is 8.33. The molecule has 0 aliphatic carbocycles. The SMILES string of the molecule is CCCN(CCC)C(=O)c1ccc(NC(=O)CNc2cccc(OCCC(C)C)c2)cc1. The van der Waals surface area contributed by atoms with Crippen molar-refractivity contribution >= 4 is 23.2 Å². The third-order valence-electron chi connectivity index (χ3n) is 4.94. The number of nitrogens with one attached hydrogen (secondary N) is 2. The number of carbonyl (C=O) groups is 2. The molecule has 0 unspecified atom stereocenters. The second kappa shape index (κ2) is 13.4. The zero-order chi connectivity index (χ0) is 23.3. The number of rotatable bonds is 13. The maximum absolute atomic E-state index is 12.7. The lowest BCUT2D eigenvalue weighted by atomic mass is 10.1. The quantitative estimate of drug-likeness (QED) is 0.437. The predicted molar refractivity (Wildman–Crippen MR) is 131 cm³/mol. The van der Waals surface area contributed by atoms with Gasteiger partial charge in [0.2, 0.25) is 5.91 Å². The van der Waals surface area contributed by atoms with Crippen LogP contribution in [-0.2, 0) is 4.79 Å². The fourth-order valence-electron chi connectivity index (χ4n) is 3.23. The molecule has 2 aromatic rings. The number of amides is 2. The monoisotopic (exact) mass is 439 g/mol. The van der Waals surface area contributed by atoms with Crippen LogP contribution < -0.4 is 15.4 Å². The lowest BCUT2D eigenvalue weighted by molar-refractivity contribution is -0.114. The van der Waals surface area contributed by atoms with E-state index in [0.29, 0.717) is 23.8 Å². The summed E-state index contributed by atoms with van der Waals surface area (Å²) in [4.78, 5) is 26.9. The van der Waals surface area contributed by atoms with Crippen LogP contribution in [0.25, 0.3) is 0 Å². The topological polar surface area (TPSA) is 70.7 Å². The Labute approximate surface area is 192 Å². The van der Waals surface area contributed by atoms with E-state index in [0.717, 1.165) is 43.8 Å². The normalized spacial score (nSPS) is 10.7. The molecule has 0 aliphatic rings. The van der Waals surface area contributed by atoms with Gasteiger partial charge in [-0.25, -0.2) is 0 Å². The smallest absolute Gasteiger partial charge is 0.253 e. The average Bonchev–Trinajstić information content (AvgIpc) is 2.78. The van der Waals surface area contributed by atoms with Gasteiger partial charge >= 0.3 is 0 Å². The van der Waals surface area contributed by atoms with Crippen molar-refractivity contribution in [1.29, 1.82) is 0 Å². The highest BCUT2D eigenvalue weighted by Gasteiger charge is 2.14. The van der Waals surface area contributed by atoms with Crippen LogP contribution in [0, 0.1) is 5.92 Å². The van der Waals surface area contributed by atoms with Crippen LogP contribution in [0.2, 0.25) is 0 Å². The third kappa shape index (κ3) is 8.61. The Bertz CT molecular complexity index is 844. The van der Waals surface area contributed by atoms with Gasteiger partial charge in [0.15, 0.2) is 0 Å². The summed E-state index contributed by atoms with van der Waals surface area (Å²) in [5.74, 6) is 1.26. The standard InChI is InChI=1S/C26H37N3O3/c1-5-15-29(16-6-2)26(31)21-10-12-22(13-11-21)28-25(30)19-27-23-8-7-9-24(18-23)32-17-14-20(3)4/h7-13,18,20,27H,5-6,14-17,19H2,1-4H3,(H,28,30). The largest absolute Gasteiger partial charge is 0.494 e. The van der Waals surface area contributed by atoms with Gasteiger partial charge in [-0.2, -0.15) is 0 Å². The molecule has 0 spiro atoms. The van der Waals surface area contributed by atoms with Crippen LogP contribution in [0.15, 0.2) is 48.5 Å². The second-order valence-electron chi connectivity index (χ2n) is 8.33. The molecular weight excluding hydrogens is 402 g/mol. The van der Waals surface area contributed by atoms with E-state index in [1.54, 1.807) is 24.3 Å². The molecule has 0 radical (unpaired) electrons. The Morgan fingerprint density at radius 3 is 2.28 bits per heavy atom. The summed E-state index contributed by atoms with van der Waals surface area (Å²) in [6, 6.07) is 14.7. The molecule has 0 fully saturated rings. The molecule has 0 bridgehead atoms. The molecule has 0 atom stereocenters. The van der Waals surface area contributed by atoms with Gasteiger partial charge < -0.3 is 20.3 Å². The van der Waals surface area contributed by atoms with E-state index in [1.807, 2.05) is 29.2 Å². The summed E-state index contributed by atoms with van der Waals surface area (Å²) < 4.78 is 5.77. The van der Waals surface area contributed by atoms with Crippen molar-refractivity contribution < 1.29 is 14.3 Å². The number of carbonyl (C=O) groups excluding carboxylic acids is 2. The first kappa shape index (κ1) is 25.2. The molecular formula is C26H37N3O3. The zero-order valence-electron chi connectivity index (χ0n) is 19.8. The van der Waals surface area contributed by atoms with Crippen molar-refractivity contribution in [3.8, 4) is 5.75 Å². The minimum Gasteiger partial charge on any atom is -0.494 e. The Morgan fingerprint density at radius 2 is 1.66 bits per heavy atom. The number of nitrogens with zero attached hydrogens (tertiary/aromatic N) is 1. The molecule has 0 heterocycles. The molecule has 174 valence electrons. The summed E-state index contributed by atoms with van der Waals surface area (Å²) >= 11 is 0. The van der Waals surface area contributed by atoms with Gasteiger partial charge in [0.25, 0.3) is 5.91 Å². The predicted octanol–water partition coefficient (Wildman–Crippen LogP) is 5.42. The minimum atomic E-state index is -0.159. The molecule has 6 nitrogen and oxygen atoms in total. The molecule has 0 saturated heterocycles. The first-order valence-electron chi connectivity index (χ1n) is 11.6. The molecule has 2 amide bonds. The summed E-state index contributed by atoms with van der Waals surface area (Å²) in [5.41, 5.74) is 2.13. The van der Waals surface area contributed by atoms with E-state index >= 15 is 0 Å². The summed E-state index contributed by atoms with van der Waals surface area (Å²) in [7, 11) is 0. The van der Waals surface area contributed by atoms with E-state index in [4.69, 9.17) is 4.74 Å². The van der Waals surface area contributed by atoms with Gasteiger partial charge in [-0.05, 0) is 61.6 Å². The number of benzene rings is 2. The van der Waals surface area contributed by atoms with E-state index in [2.05, 4.69) is 38.3 Å². The first-order chi connectivity index (χ1) is 15.4. The molecule has 32 heavy (non-hydrogen) atoms. The zero-order valence-corrected chi connectivity index (χ0v) is 19.8. The van der Waals surface area contributed by atoms with Gasteiger partial charge in [0, 0.05) is 36.1 Å². The van der Waals surface area contributed by atoms with Crippen molar-refractivity contribution in [1.82, 2.24) is 4.90 Å². The van der Waals surface area contributed by atoms with Gasteiger partial charge in [0.05, 0.1) is 13.2 Å². The van der Waals surface area contributed by atoms with Crippen LogP contribution in [0.3, 0.4) is 0 Å². The van der Waals surface area contributed by atoms with Crippen LogP contribution in [0.4, 0.5) is 11.4 Å². The van der Waals surface area contributed by atoms with Crippen LogP contribution in [-0.4, -0.2) is 43.0 Å². The van der Waals surface area contributed by atoms with Gasteiger partial charge in [-0.15, -0.1) is 0 Å². The van der Waals surface area contributed by atoms with Crippen molar-refractivity contribution in [2.45, 2.75) is 47.0 Å². The molecule has 2 rings (SSSR count). The fraction of sp³-hybridized carbons (Fsp3) is 0.462. The lowest BCUT2D eigenvalue weighted by Crippen LogP contribution is -2.32. The van der Waals surface area contributed by atoms with Crippen LogP contribution in [0.5, 0.6) is 5.75 Å². The van der Waals surface area contributed by atoms with E-state index in [-0.39, 0.29) is 18.4 Å². The Kier molecular flexibility index (Phi) is 10.6. The van der Waals surface area contributed by atoms with Gasteiger partial charge in [-0.3, -0.25) is 9.59 Å². The first-order valence-corrected chi connectivity index (χ1v) is 11.6. The highest BCUT2D eigenvalue weighted by atomic mass is 16.5. The fourth-order valence-corrected chi connectivity index (χ4v) is 3.23. The third-order valence-corrected chi connectivity index (χ3v) is 4.94. The van der Waals surface area contributed by atoms with Crippen LogP contribution >= 0.6 is 0 Å². The highest BCUT2D eigenvalue weighted by molar-refractivity contribution is 5.96. The van der Waals surface area contributed by atoms with Crippen molar-refractivity contribution in [3.63, 3.8) is 0 Å². The van der Waals surface area contributed by atoms with Crippen molar-refractivity contribution in [2.75, 3.05) is 36.9 Å². The van der Waals surface area contributed by atoms with Crippen LogP contribution in [0.1, 0.15) is 57.3 Å². The van der Waals surface area contributed by atoms with Gasteiger partial charge in [-0.1, -0.05) is 33.8 Å². The van der Waals surface area contributed by atoms with E-state index in [9.17, 15) is 9.59 Å². The summed E-state index contributed by atoms with van der Waals surface area (Å²) in [5, 5.41) is 5.99. The molecule has 0 aromatic heterocycles.